The summed E-state index contributed by atoms with van der Waals surface area (Å²) in [7, 11) is 0. The molecule has 230 valence electrons. The number of para-hydroxylation sites is 1. The number of hydrogen-bond acceptors (Lipinski definition) is 4. The average molecular weight is 645 g/mol. The van der Waals surface area contributed by atoms with Gasteiger partial charge in [0, 0.05) is 65.2 Å². The Bertz CT molecular complexity index is 2830. The van der Waals surface area contributed by atoms with Crippen molar-refractivity contribution in [3.63, 3.8) is 0 Å². The van der Waals surface area contributed by atoms with Gasteiger partial charge in [-0.2, -0.15) is 0 Å². The minimum Gasteiger partial charge on any atom is -0.453 e. The van der Waals surface area contributed by atoms with Gasteiger partial charge in [0.05, 0.1) is 0 Å². The number of furan rings is 1. The Morgan fingerprint density at radius 2 is 1.18 bits per heavy atom. The number of nitrogens with zero attached hydrogens (tertiary/aromatic N) is 2. The third kappa shape index (κ3) is 4.61. The van der Waals surface area contributed by atoms with Crippen LogP contribution in [0.4, 0.5) is 17.1 Å². The maximum atomic E-state index is 6.62. The second kappa shape index (κ2) is 11.2. The second-order valence-corrected chi connectivity index (χ2v) is 13.5. The van der Waals surface area contributed by atoms with Crippen molar-refractivity contribution in [1.29, 1.82) is 0 Å². The number of pyridine rings is 1. The molecule has 0 saturated carbocycles. The minimum atomic E-state index is 0.831. The van der Waals surface area contributed by atoms with E-state index >= 15 is 0 Å². The van der Waals surface area contributed by atoms with E-state index in [0.29, 0.717) is 0 Å². The predicted octanol–water partition coefficient (Wildman–Crippen LogP) is 13.3. The van der Waals surface area contributed by atoms with Crippen molar-refractivity contribution in [1.82, 2.24) is 4.98 Å². The van der Waals surface area contributed by atoms with Gasteiger partial charge in [-0.05, 0) is 77.4 Å². The summed E-state index contributed by atoms with van der Waals surface area (Å²) >= 11 is 1.84. The van der Waals surface area contributed by atoms with Crippen LogP contribution in [0, 0.1) is 0 Å². The van der Waals surface area contributed by atoms with Crippen molar-refractivity contribution in [2.75, 3.05) is 4.90 Å². The van der Waals surface area contributed by atoms with Gasteiger partial charge in [0.1, 0.15) is 11.1 Å². The molecule has 0 atom stereocenters. The summed E-state index contributed by atoms with van der Waals surface area (Å²) in [5.41, 5.74) is 10.4. The van der Waals surface area contributed by atoms with Crippen LogP contribution in [0.1, 0.15) is 0 Å². The monoisotopic (exact) mass is 644 g/mol. The minimum absolute atomic E-state index is 0.831. The SMILES string of the molecule is c1ccc(-c2cccc(N(c3ccc(-c4cccc5c4oc4c5ccc5cccnc54)cc3)c3ccc4sc5ccccc5c4c3)c2)cc1. The Morgan fingerprint density at radius 3 is 2.10 bits per heavy atom. The molecule has 49 heavy (non-hydrogen) atoms. The van der Waals surface area contributed by atoms with Crippen molar-refractivity contribution in [3.05, 3.63) is 170 Å². The molecule has 3 aromatic heterocycles. The largest absolute Gasteiger partial charge is 0.453 e. The normalized spacial score (nSPS) is 11.7. The Morgan fingerprint density at radius 1 is 0.449 bits per heavy atom. The Labute approximate surface area is 286 Å². The number of hydrogen-bond donors (Lipinski definition) is 0. The van der Waals surface area contributed by atoms with Crippen LogP contribution in [0.3, 0.4) is 0 Å². The highest BCUT2D eigenvalue weighted by molar-refractivity contribution is 7.25. The Kier molecular flexibility index (Phi) is 6.36. The van der Waals surface area contributed by atoms with Gasteiger partial charge in [-0.1, -0.05) is 103 Å². The zero-order chi connectivity index (χ0) is 32.3. The fourth-order valence-electron chi connectivity index (χ4n) is 7.17. The summed E-state index contributed by atoms with van der Waals surface area (Å²) in [6, 6.07) is 58.5. The molecule has 10 aromatic rings. The first kappa shape index (κ1) is 27.8. The van der Waals surface area contributed by atoms with Gasteiger partial charge in [0.2, 0.25) is 0 Å². The van der Waals surface area contributed by atoms with Crippen molar-refractivity contribution < 1.29 is 4.42 Å². The number of thiophene rings is 1. The van der Waals surface area contributed by atoms with Crippen LogP contribution in [0.2, 0.25) is 0 Å². The van der Waals surface area contributed by atoms with Crippen molar-refractivity contribution in [2.24, 2.45) is 0 Å². The molecule has 3 heterocycles. The van der Waals surface area contributed by atoms with E-state index in [1.54, 1.807) is 0 Å². The summed E-state index contributed by atoms with van der Waals surface area (Å²) in [6.07, 6.45) is 1.83. The Hall–Kier alpha value is -6.23. The predicted molar refractivity (Wildman–Crippen MR) is 207 cm³/mol. The number of aromatic nitrogens is 1. The summed E-state index contributed by atoms with van der Waals surface area (Å²) in [4.78, 5) is 7.02. The van der Waals surface area contributed by atoms with E-state index in [1.165, 1.54) is 31.3 Å². The molecule has 4 heteroatoms. The second-order valence-electron chi connectivity index (χ2n) is 12.4. The quantitative estimate of drug-likeness (QED) is 0.187. The highest BCUT2D eigenvalue weighted by Gasteiger charge is 2.18. The van der Waals surface area contributed by atoms with Gasteiger partial charge in [-0.3, -0.25) is 4.98 Å². The molecular formula is C45H28N2OS. The first-order valence-electron chi connectivity index (χ1n) is 16.4. The maximum Gasteiger partial charge on any atom is 0.161 e. The van der Waals surface area contributed by atoms with Crippen molar-refractivity contribution in [3.8, 4) is 22.3 Å². The van der Waals surface area contributed by atoms with Crippen LogP contribution in [-0.4, -0.2) is 4.98 Å². The maximum absolute atomic E-state index is 6.62. The van der Waals surface area contributed by atoms with Crippen LogP contribution < -0.4 is 4.90 Å². The van der Waals surface area contributed by atoms with Crippen LogP contribution in [0.15, 0.2) is 174 Å². The molecule has 10 rings (SSSR count). The van der Waals surface area contributed by atoms with Crippen molar-refractivity contribution in [2.45, 2.75) is 0 Å². The lowest BCUT2D eigenvalue weighted by Gasteiger charge is -2.26. The first-order chi connectivity index (χ1) is 24.3. The van der Waals surface area contributed by atoms with Crippen molar-refractivity contribution >= 4 is 81.4 Å². The molecular weight excluding hydrogens is 617 g/mol. The number of rotatable bonds is 5. The molecule has 0 N–H and O–H groups in total. The smallest absolute Gasteiger partial charge is 0.161 e. The molecule has 0 bridgehead atoms. The van der Waals surface area contributed by atoms with E-state index in [9.17, 15) is 0 Å². The third-order valence-electron chi connectivity index (χ3n) is 9.50. The number of anilines is 3. The molecule has 7 aromatic carbocycles. The zero-order valence-corrected chi connectivity index (χ0v) is 27.2. The van der Waals surface area contributed by atoms with Crippen LogP contribution >= 0.6 is 11.3 Å². The summed E-state index contributed by atoms with van der Waals surface area (Å²) < 4.78 is 9.22. The molecule has 0 radical (unpaired) electrons. The van der Waals surface area contributed by atoms with E-state index in [-0.39, 0.29) is 0 Å². The fraction of sp³-hybridized carbons (Fsp3) is 0. The lowest BCUT2D eigenvalue weighted by molar-refractivity contribution is 0.673. The summed E-state index contributed by atoms with van der Waals surface area (Å²) in [5.74, 6) is 0. The van der Waals surface area contributed by atoms with Gasteiger partial charge < -0.3 is 9.32 Å². The lowest BCUT2D eigenvalue weighted by atomic mass is 10.0. The molecule has 0 saturated heterocycles. The van der Waals surface area contributed by atoms with Gasteiger partial charge in [0.15, 0.2) is 5.58 Å². The van der Waals surface area contributed by atoms with E-state index in [4.69, 9.17) is 4.42 Å². The molecule has 0 spiro atoms. The highest BCUT2D eigenvalue weighted by atomic mass is 32.1. The standard InChI is InChI=1S/C45H28N2OS/c1-2-9-29(10-3-1)32-11-6-13-34(27-32)47(35-23-25-42-40(28-35)37-14-4-5-17-41(37)49-42)33-21-18-30(19-22-33)36-15-7-16-38-39-24-20-31-12-8-26-46-43(31)45(39)48-44(36)38/h1-28H. The summed E-state index contributed by atoms with van der Waals surface area (Å²) in [6.45, 7) is 0. The lowest BCUT2D eigenvalue weighted by Crippen LogP contribution is -2.10. The summed E-state index contributed by atoms with van der Waals surface area (Å²) in [5, 5.41) is 5.82. The highest BCUT2D eigenvalue weighted by Crippen LogP contribution is 2.43. The van der Waals surface area contributed by atoms with Gasteiger partial charge in [0.25, 0.3) is 0 Å². The number of fused-ring (bicyclic) bond motifs is 8. The fourth-order valence-corrected chi connectivity index (χ4v) is 8.25. The molecule has 0 amide bonds. The van der Waals surface area contributed by atoms with Gasteiger partial charge >= 0.3 is 0 Å². The van der Waals surface area contributed by atoms with Crippen LogP contribution in [0.5, 0.6) is 0 Å². The topological polar surface area (TPSA) is 29.3 Å². The van der Waals surface area contributed by atoms with Gasteiger partial charge in [-0.15, -0.1) is 11.3 Å². The molecule has 0 unspecified atom stereocenters. The number of benzene rings is 7. The van der Waals surface area contributed by atoms with E-state index in [0.717, 1.165) is 61.0 Å². The van der Waals surface area contributed by atoms with E-state index in [1.807, 2.05) is 23.6 Å². The third-order valence-corrected chi connectivity index (χ3v) is 10.7. The Balaban J connectivity index is 1.12. The average Bonchev–Trinajstić information content (AvgIpc) is 3.74. The first-order valence-corrected chi connectivity index (χ1v) is 17.3. The molecule has 3 nitrogen and oxygen atoms in total. The molecule has 0 aliphatic carbocycles. The van der Waals surface area contributed by atoms with E-state index < -0.39 is 0 Å². The molecule has 0 aliphatic rings. The van der Waals surface area contributed by atoms with Crippen LogP contribution in [-0.2, 0) is 0 Å². The van der Waals surface area contributed by atoms with E-state index in [2.05, 4.69) is 168 Å². The van der Waals surface area contributed by atoms with Gasteiger partial charge in [-0.25, -0.2) is 0 Å². The van der Waals surface area contributed by atoms with Crippen LogP contribution in [0.25, 0.3) is 75.3 Å². The molecule has 0 aliphatic heterocycles. The zero-order valence-electron chi connectivity index (χ0n) is 26.4. The molecule has 0 fully saturated rings.